The second-order valence-corrected chi connectivity index (χ2v) is 13.1. The number of thiazole rings is 1. The minimum absolute atomic E-state index is 0.0368. The van der Waals surface area contributed by atoms with Crippen LogP contribution in [0, 0.1) is 0 Å². The number of nitrogens with zero attached hydrogens (tertiary/aromatic N) is 5. The molecule has 1 aliphatic heterocycles. The van der Waals surface area contributed by atoms with Gasteiger partial charge in [0.15, 0.2) is 15.0 Å². The molecule has 1 aliphatic rings. The van der Waals surface area contributed by atoms with E-state index < -0.39 is 9.84 Å². The number of nitrogens with one attached hydrogen (secondary N) is 2. The number of carbonyl (C=O) groups excluding carboxylic acids is 1. The molecule has 3 N–H and O–H groups in total. The number of aromatic nitrogens is 4. The Hall–Kier alpha value is -3.52. The summed E-state index contributed by atoms with van der Waals surface area (Å²) in [6.45, 7) is 5.81. The molecule has 11 nitrogen and oxygen atoms in total. The highest BCUT2D eigenvalue weighted by Gasteiger charge is 2.22. The van der Waals surface area contributed by atoms with Gasteiger partial charge in [0.25, 0.3) is 0 Å². The van der Waals surface area contributed by atoms with Gasteiger partial charge in [0.2, 0.25) is 0 Å². The summed E-state index contributed by atoms with van der Waals surface area (Å²) < 4.78 is 24.6. The van der Waals surface area contributed by atoms with Gasteiger partial charge in [0.1, 0.15) is 5.82 Å². The van der Waals surface area contributed by atoms with Gasteiger partial charge in [0.05, 0.1) is 34.0 Å². The lowest BCUT2D eigenvalue weighted by Gasteiger charge is -2.26. The maximum atomic E-state index is 12.2. The number of fused-ring (bicyclic) bond motifs is 1. The van der Waals surface area contributed by atoms with Crippen LogP contribution in [0.2, 0.25) is 0 Å². The van der Waals surface area contributed by atoms with Gasteiger partial charge < -0.3 is 10.4 Å². The van der Waals surface area contributed by atoms with E-state index in [2.05, 4.69) is 35.5 Å². The van der Waals surface area contributed by atoms with Crippen LogP contribution in [0.3, 0.4) is 0 Å². The average molecular weight is 582 g/mol. The van der Waals surface area contributed by atoms with Crippen LogP contribution in [0.25, 0.3) is 32.6 Å². The molecule has 13 heteroatoms. The van der Waals surface area contributed by atoms with Crippen LogP contribution < -0.4 is 10.6 Å². The van der Waals surface area contributed by atoms with Crippen LogP contribution in [0.15, 0.2) is 42.9 Å². The summed E-state index contributed by atoms with van der Waals surface area (Å²) in [5, 5.41) is 15.4. The van der Waals surface area contributed by atoms with Crippen molar-refractivity contribution in [3.05, 3.63) is 54.2 Å². The van der Waals surface area contributed by atoms with E-state index >= 15 is 0 Å². The molecule has 1 unspecified atom stereocenters. The van der Waals surface area contributed by atoms with Crippen molar-refractivity contribution in [1.29, 1.82) is 0 Å². The molecular weight excluding hydrogens is 550 g/mol. The van der Waals surface area contributed by atoms with E-state index in [1.165, 1.54) is 11.3 Å². The molecule has 0 saturated carbocycles. The molecule has 1 saturated heterocycles. The Morgan fingerprint density at radius 3 is 2.58 bits per heavy atom. The molecular formula is C27H31N7O4S2. The highest BCUT2D eigenvalue weighted by atomic mass is 32.2. The molecule has 0 spiro atoms. The van der Waals surface area contributed by atoms with Gasteiger partial charge in [0, 0.05) is 61.8 Å². The summed E-state index contributed by atoms with van der Waals surface area (Å²) in [6, 6.07) is 7.58. The van der Waals surface area contributed by atoms with Gasteiger partial charge in [-0.3, -0.25) is 15.2 Å². The fourth-order valence-electron chi connectivity index (χ4n) is 4.45. The van der Waals surface area contributed by atoms with Crippen molar-refractivity contribution in [3.63, 3.8) is 0 Å². The summed E-state index contributed by atoms with van der Waals surface area (Å²) in [7, 11) is -2.95. The van der Waals surface area contributed by atoms with E-state index in [4.69, 9.17) is 0 Å². The first kappa shape index (κ1) is 28.0. The third kappa shape index (κ3) is 6.44. The number of carbonyl (C=O) groups is 1. The van der Waals surface area contributed by atoms with Gasteiger partial charge in [-0.15, -0.1) is 0 Å². The first-order valence-electron chi connectivity index (χ1n) is 13.1. The summed E-state index contributed by atoms with van der Waals surface area (Å²) in [5.41, 5.74) is 4.95. The van der Waals surface area contributed by atoms with Crippen molar-refractivity contribution in [2.75, 3.05) is 43.1 Å². The number of hydrogen-bond donors (Lipinski definition) is 3. The van der Waals surface area contributed by atoms with E-state index in [0.29, 0.717) is 42.7 Å². The van der Waals surface area contributed by atoms with Gasteiger partial charge in [-0.2, -0.15) is 0 Å². The van der Waals surface area contributed by atoms with Crippen LogP contribution in [0.4, 0.5) is 9.93 Å². The van der Waals surface area contributed by atoms with E-state index in [9.17, 15) is 18.3 Å². The molecule has 2 amide bonds. The number of anilines is 1. The average Bonchev–Trinajstić information content (AvgIpc) is 3.35. The maximum Gasteiger partial charge on any atom is 0.321 e. The van der Waals surface area contributed by atoms with Crippen LogP contribution in [0.5, 0.6) is 0 Å². The normalized spacial score (nSPS) is 16.1. The largest absolute Gasteiger partial charge is 0.396 e. The molecule has 210 valence electrons. The van der Waals surface area contributed by atoms with Gasteiger partial charge >= 0.3 is 6.03 Å². The Bertz CT molecular complexity index is 1610. The zero-order chi connectivity index (χ0) is 28.3. The molecule has 1 fully saturated rings. The molecule has 3 aromatic heterocycles. The predicted octanol–water partition coefficient (Wildman–Crippen LogP) is 3.28. The number of sulfone groups is 1. The summed E-state index contributed by atoms with van der Waals surface area (Å²) in [6.07, 6.45) is 5.22. The lowest BCUT2D eigenvalue weighted by Crippen LogP contribution is -2.39. The number of rotatable bonds is 8. The number of aliphatic hydroxyl groups is 1. The number of pyridine rings is 1. The van der Waals surface area contributed by atoms with E-state index in [1.54, 1.807) is 18.6 Å². The first-order valence-corrected chi connectivity index (χ1v) is 15.7. The van der Waals surface area contributed by atoms with Crippen molar-refractivity contribution < 1.29 is 18.3 Å². The quantitative estimate of drug-likeness (QED) is 0.285. The van der Waals surface area contributed by atoms with Crippen molar-refractivity contribution in [1.82, 2.24) is 30.2 Å². The molecule has 0 radical (unpaired) electrons. The molecule has 1 aromatic carbocycles. The van der Waals surface area contributed by atoms with Crippen molar-refractivity contribution >= 4 is 42.6 Å². The molecule has 4 aromatic rings. The lowest BCUT2D eigenvalue weighted by atomic mass is 10.0. The monoisotopic (exact) mass is 581 g/mol. The lowest BCUT2D eigenvalue weighted by molar-refractivity contribution is 0.252. The highest BCUT2D eigenvalue weighted by molar-refractivity contribution is 7.91. The Kier molecular flexibility index (Phi) is 8.35. The fraction of sp³-hybridized carbons (Fsp3) is 0.370. The Labute approximate surface area is 236 Å². The second-order valence-electron chi connectivity index (χ2n) is 9.77. The molecule has 40 heavy (non-hydrogen) atoms. The third-order valence-corrected chi connectivity index (χ3v) is 9.34. The highest BCUT2D eigenvalue weighted by Crippen LogP contribution is 2.38. The van der Waals surface area contributed by atoms with Gasteiger partial charge in [-0.25, -0.2) is 28.2 Å². The topological polar surface area (TPSA) is 150 Å². The molecule has 5 rings (SSSR count). The SMILES string of the molecule is CCNC(=O)Nc1nc2cc(-c3cnc(C(C)CO)nc3)cc(-c3cc(CN4CCS(=O)(=O)CC4)ccn3)c2s1. The van der Waals surface area contributed by atoms with Crippen molar-refractivity contribution in [3.8, 4) is 22.4 Å². The van der Waals surface area contributed by atoms with Gasteiger partial charge in [-0.1, -0.05) is 18.3 Å². The number of benzene rings is 1. The fourth-order valence-corrected chi connectivity index (χ4v) is 6.70. The number of amides is 2. The summed E-state index contributed by atoms with van der Waals surface area (Å²) in [4.78, 5) is 32.5. The van der Waals surface area contributed by atoms with Crippen LogP contribution in [0.1, 0.15) is 31.2 Å². The van der Waals surface area contributed by atoms with Crippen molar-refractivity contribution in [2.24, 2.45) is 0 Å². The minimum Gasteiger partial charge on any atom is -0.396 e. The molecule has 1 atom stereocenters. The third-order valence-electron chi connectivity index (χ3n) is 6.71. The van der Waals surface area contributed by atoms with E-state index in [0.717, 1.165) is 32.6 Å². The molecule has 0 aliphatic carbocycles. The second kappa shape index (κ2) is 11.9. The predicted molar refractivity (Wildman–Crippen MR) is 156 cm³/mol. The minimum atomic E-state index is -2.95. The molecule has 4 heterocycles. The zero-order valence-corrected chi connectivity index (χ0v) is 23.9. The maximum absolute atomic E-state index is 12.2. The number of urea groups is 1. The van der Waals surface area contributed by atoms with Crippen LogP contribution in [-0.2, 0) is 16.4 Å². The van der Waals surface area contributed by atoms with E-state index in [1.807, 2.05) is 38.1 Å². The standard InChI is InChI=1S/C27H31N7O4S2/c1-3-28-26(36)33-27-32-23-12-19(20-13-30-25(31-14-20)17(2)16-35)11-21(24(23)39-27)22-10-18(4-5-29-22)15-34-6-8-40(37,38)9-7-34/h4-5,10-14,17,35H,3,6-9,15-16H2,1-2H3,(H2,28,32,33,36). The van der Waals surface area contributed by atoms with Crippen LogP contribution >= 0.6 is 11.3 Å². The Balaban J connectivity index is 1.53. The molecule has 0 bridgehead atoms. The zero-order valence-electron chi connectivity index (χ0n) is 22.3. The van der Waals surface area contributed by atoms with Crippen molar-refractivity contribution in [2.45, 2.75) is 26.3 Å². The first-order chi connectivity index (χ1) is 19.2. The van der Waals surface area contributed by atoms with E-state index in [-0.39, 0.29) is 30.1 Å². The smallest absolute Gasteiger partial charge is 0.321 e. The summed E-state index contributed by atoms with van der Waals surface area (Å²) >= 11 is 1.37. The Morgan fingerprint density at radius 1 is 1.12 bits per heavy atom. The van der Waals surface area contributed by atoms with Crippen LogP contribution in [-0.4, -0.2) is 82.1 Å². The number of aliphatic hydroxyl groups excluding tert-OH is 1. The number of hydrogen-bond acceptors (Lipinski definition) is 10. The van der Waals surface area contributed by atoms with Gasteiger partial charge in [-0.05, 0) is 42.3 Å². The summed E-state index contributed by atoms with van der Waals surface area (Å²) in [5.74, 6) is 0.747. The Morgan fingerprint density at radius 2 is 1.88 bits per heavy atom.